The van der Waals surface area contributed by atoms with E-state index in [0.29, 0.717) is 28.1 Å². The second-order valence-corrected chi connectivity index (χ2v) is 9.80. The summed E-state index contributed by atoms with van der Waals surface area (Å²) < 4.78 is 0. The molecule has 0 aliphatic carbocycles. The molecule has 0 spiro atoms. The topological polar surface area (TPSA) is 99.1 Å². The zero-order valence-electron chi connectivity index (χ0n) is 19.3. The Kier molecular flexibility index (Phi) is 8.40. The van der Waals surface area contributed by atoms with Crippen LogP contribution in [0.3, 0.4) is 0 Å². The monoisotopic (exact) mass is 521 g/mol. The van der Waals surface area contributed by atoms with Crippen LogP contribution in [-0.4, -0.2) is 44.8 Å². The second-order valence-electron chi connectivity index (χ2n) is 8.19. The molecule has 1 aliphatic heterocycles. The molecule has 36 heavy (non-hydrogen) atoms. The minimum absolute atomic E-state index is 0.00895. The summed E-state index contributed by atoms with van der Waals surface area (Å²) in [5.74, 6) is -1.67. The molecule has 0 bridgehead atoms. The lowest BCUT2D eigenvalue weighted by Crippen LogP contribution is -2.45. The molecule has 9 heteroatoms. The number of halogens is 1. The van der Waals surface area contributed by atoms with Gasteiger partial charge in [0.2, 0.25) is 11.8 Å². The summed E-state index contributed by atoms with van der Waals surface area (Å²) in [5.41, 5.74) is 2.18. The summed E-state index contributed by atoms with van der Waals surface area (Å²) in [6.07, 6.45) is 1.56. The third-order valence-corrected chi connectivity index (χ3v) is 6.95. The Balaban J connectivity index is 1.52. The van der Waals surface area contributed by atoms with Gasteiger partial charge >= 0.3 is 5.97 Å². The van der Waals surface area contributed by atoms with Crippen LogP contribution < -0.4 is 5.32 Å². The smallest absolute Gasteiger partial charge is 0.335 e. The van der Waals surface area contributed by atoms with Crippen molar-refractivity contribution < 1.29 is 19.5 Å². The van der Waals surface area contributed by atoms with E-state index in [2.05, 4.69) is 10.3 Å². The molecule has 4 rings (SSSR count). The molecule has 1 atom stereocenters. The van der Waals surface area contributed by atoms with Crippen molar-refractivity contribution in [3.8, 4) is 0 Å². The number of nitrogens with zero attached hydrogens (tertiary/aromatic N) is 2. The number of rotatable bonds is 8. The Morgan fingerprint density at radius 1 is 1.06 bits per heavy atom. The van der Waals surface area contributed by atoms with Crippen molar-refractivity contribution in [2.75, 3.05) is 11.9 Å². The van der Waals surface area contributed by atoms with Crippen LogP contribution in [0.4, 0.5) is 11.4 Å². The highest BCUT2D eigenvalue weighted by Crippen LogP contribution is 2.31. The molecule has 0 radical (unpaired) electrons. The lowest BCUT2D eigenvalue weighted by molar-refractivity contribution is -0.129. The molecule has 184 valence electrons. The number of aromatic carboxylic acids is 1. The highest BCUT2D eigenvalue weighted by atomic mass is 35.5. The number of amides is 2. The van der Waals surface area contributed by atoms with Crippen molar-refractivity contribution >= 4 is 57.7 Å². The normalized spacial score (nSPS) is 16.7. The summed E-state index contributed by atoms with van der Waals surface area (Å²) in [6, 6.07) is 23.0. The maximum absolute atomic E-state index is 13.2. The van der Waals surface area contributed by atoms with Crippen LogP contribution in [0.5, 0.6) is 0 Å². The number of nitrogens with one attached hydrogen (secondary N) is 1. The molecular weight excluding hydrogens is 498 g/mol. The van der Waals surface area contributed by atoms with Crippen LogP contribution in [0.2, 0.25) is 5.02 Å². The Labute approximate surface area is 218 Å². The Morgan fingerprint density at radius 3 is 2.58 bits per heavy atom. The summed E-state index contributed by atoms with van der Waals surface area (Å²) in [7, 11) is 0. The molecule has 1 aliphatic rings. The number of benzene rings is 3. The number of carbonyl (C=O) groups is 3. The highest BCUT2D eigenvalue weighted by Gasteiger charge is 2.35. The van der Waals surface area contributed by atoms with E-state index < -0.39 is 17.1 Å². The van der Waals surface area contributed by atoms with Crippen LogP contribution >= 0.6 is 23.4 Å². The summed E-state index contributed by atoms with van der Waals surface area (Å²) in [6.45, 7) is 0.467. The van der Waals surface area contributed by atoms with E-state index in [0.717, 1.165) is 12.8 Å². The number of hydrogen-bond acceptors (Lipinski definition) is 5. The van der Waals surface area contributed by atoms with Crippen molar-refractivity contribution in [2.45, 2.75) is 24.5 Å². The van der Waals surface area contributed by atoms with Gasteiger partial charge < -0.3 is 10.4 Å². The van der Waals surface area contributed by atoms with Gasteiger partial charge in [-0.1, -0.05) is 65.8 Å². The summed E-state index contributed by atoms with van der Waals surface area (Å²) >= 11 is 7.33. The van der Waals surface area contributed by atoms with Gasteiger partial charge in [-0.15, -0.1) is 0 Å². The average molecular weight is 522 g/mol. The third kappa shape index (κ3) is 6.74. The molecule has 1 saturated heterocycles. The zero-order valence-corrected chi connectivity index (χ0v) is 20.8. The van der Waals surface area contributed by atoms with E-state index in [1.807, 2.05) is 30.3 Å². The number of hydrogen-bond donors (Lipinski definition) is 2. The number of carbonyl (C=O) groups excluding carboxylic acids is 2. The predicted molar refractivity (Wildman–Crippen MR) is 143 cm³/mol. The largest absolute Gasteiger partial charge is 0.478 e. The fourth-order valence-corrected chi connectivity index (χ4v) is 5.07. The minimum atomic E-state index is -1.09. The Bertz CT molecular complexity index is 1300. The third-order valence-electron chi connectivity index (χ3n) is 5.53. The van der Waals surface area contributed by atoms with Crippen LogP contribution in [0, 0.1) is 0 Å². The van der Waals surface area contributed by atoms with Gasteiger partial charge in [0.15, 0.2) is 5.17 Å². The number of amidine groups is 1. The molecule has 0 saturated carbocycles. The molecule has 2 N–H and O–H groups in total. The molecule has 1 fully saturated rings. The Morgan fingerprint density at radius 2 is 1.83 bits per heavy atom. The van der Waals surface area contributed by atoms with Crippen molar-refractivity contribution in [3.63, 3.8) is 0 Å². The fraction of sp³-hybridized carbons (Fsp3) is 0.185. The maximum Gasteiger partial charge on any atom is 0.335 e. The van der Waals surface area contributed by atoms with E-state index in [1.54, 1.807) is 41.3 Å². The summed E-state index contributed by atoms with van der Waals surface area (Å²) in [4.78, 5) is 43.7. The van der Waals surface area contributed by atoms with Gasteiger partial charge in [-0.25, -0.2) is 9.79 Å². The first-order valence-electron chi connectivity index (χ1n) is 11.4. The van der Waals surface area contributed by atoms with Gasteiger partial charge in [0.1, 0.15) is 5.25 Å². The van der Waals surface area contributed by atoms with Crippen molar-refractivity contribution in [3.05, 3.63) is 95.0 Å². The van der Waals surface area contributed by atoms with E-state index in [4.69, 9.17) is 11.6 Å². The van der Waals surface area contributed by atoms with Crippen molar-refractivity contribution in [2.24, 2.45) is 4.99 Å². The van der Waals surface area contributed by atoms with Crippen LogP contribution in [-0.2, 0) is 16.0 Å². The van der Waals surface area contributed by atoms with Crippen LogP contribution in [0.25, 0.3) is 0 Å². The van der Waals surface area contributed by atoms with E-state index in [1.165, 1.54) is 29.5 Å². The summed E-state index contributed by atoms with van der Waals surface area (Å²) in [5, 5.41) is 12.2. The van der Waals surface area contributed by atoms with E-state index in [9.17, 15) is 19.5 Å². The molecule has 1 unspecified atom stereocenters. The molecule has 7 nitrogen and oxygen atoms in total. The first kappa shape index (κ1) is 25.5. The van der Waals surface area contributed by atoms with Crippen molar-refractivity contribution in [1.29, 1.82) is 0 Å². The molecule has 3 aromatic rings. The molecule has 0 aromatic heterocycles. The minimum Gasteiger partial charge on any atom is -0.478 e. The molecule has 2 amide bonds. The first-order valence-corrected chi connectivity index (χ1v) is 12.6. The van der Waals surface area contributed by atoms with Gasteiger partial charge in [0.05, 0.1) is 11.3 Å². The van der Waals surface area contributed by atoms with Crippen LogP contribution in [0.15, 0.2) is 83.9 Å². The van der Waals surface area contributed by atoms with Gasteiger partial charge in [0.25, 0.3) is 0 Å². The fourth-order valence-electron chi connectivity index (χ4n) is 3.76. The number of thioether (sulfide) groups is 1. The number of carboxylic acids is 1. The number of anilines is 1. The zero-order chi connectivity index (χ0) is 25.5. The first-order chi connectivity index (χ1) is 17.4. The van der Waals surface area contributed by atoms with Gasteiger partial charge in [-0.3, -0.25) is 14.5 Å². The predicted octanol–water partition coefficient (Wildman–Crippen LogP) is 5.63. The highest BCUT2D eigenvalue weighted by molar-refractivity contribution is 8.15. The average Bonchev–Trinajstić information content (AvgIpc) is 2.86. The van der Waals surface area contributed by atoms with Crippen molar-refractivity contribution in [1.82, 2.24) is 4.90 Å². The van der Waals surface area contributed by atoms with E-state index >= 15 is 0 Å². The Hall–Kier alpha value is -3.62. The van der Waals surface area contributed by atoms with Gasteiger partial charge in [0, 0.05) is 23.7 Å². The molecule has 3 aromatic carbocycles. The lowest BCUT2D eigenvalue weighted by atomic mass is 10.1. The van der Waals surface area contributed by atoms with Gasteiger partial charge in [-0.2, -0.15) is 0 Å². The SMILES string of the molecule is O=C(O)c1cccc(NC(=O)C2CC(=O)N(CCCc3ccccc3)C(=Nc3cccc(Cl)c3)S2)c1. The number of aryl methyl sites for hydroxylation is 1. The number of aliphatic imine (C=N–C) groups is 1. The second kappa shape index (κ2) is 11.9. The quantitative estimate of drug-likeness (QED) is 0.400. The van der Waals surface area contributed by atoms with Gasteiger partial charge in [-0.05, 0) is 54.8 Å². The molecular formula is C27H24ClN3O4S. The lowest BCUT2D eigenvalue weighted by Gasteiger charge is -2.32. The van der Waals surface area contributed by atoms with Crippen LogP contribution in [0.1, 0.15) is 28.8 Å². The van der Waals surface area contributed by atoms with E-state index in [-0.39, 0.29) is 17.9 Å². The number of carboxylic acid groups (broad SMARTS) is 1. The molecule has 1 heterocycles. The maximum atomic E-state index is 13.2. The standard InChI is InChI=1S/C27H24ClN3O4S/c28-20-11-5-13-22(16-20)30-27-31(14-6-9-18-7-2-1-3-8-18)24(32)17-23(36-27)25(33)29-21-12-4-10-19(15-21)26(34)35/h1-5,7-8,10-13,15-16,23H,6,9,14,17H2,(H,29,33)(H,34,35).